The molecule has 2 amide bonds. The molecule has 33 heavy (non-hydrogen) atoms. The van der Waals surface area contributed by atoms with Gasteiger partial charge in [-0.2, -0.15) is 0 Å². The molecule has 0 unspecified atom stereocenters. The standard InChI is InChI=1S/C27H29N3O3/c31-25-14-16-30(17-15-25)19-21-8-6-20(7-9-21)18-28-26(32)23-10-12-24(13-11-23)29-27(33)22-4-2-1-3-5-22/h1-13,25,31H,14-19H2,(H,28,32)(H,29,33). The maximum absolute atomic E-state index is 12.5. The number of aliphatic hydroxyl groups is 1. The van der Waals surface area contributed by atoms with E-state index >= 15 is 0 Å². The molecule has 1 saturated heterocycles. The Bertz CT molecular complexity index is 1060. The smallest absolute Gasteiger partial charge is 0.255 e. The van der Waals surface area contributed by atoms with E-state index in [0.29, 0.717) is 23.4 Å². The Kier molecular flexibility index (Phi) is 7.50. The van der Waals surface area contributed by atoms with Crippen molar-refractivity contribution in [1.82, 2.24) is 10.2 Å². The molecule has 0 radical (unpaired) electrons. The Morgan fingerprint density at radius 1 is 0.788 bits per heavy atom. The Balaban J connectivity index is 1.25. The SMILES string of the molecule is O=C(NCc1ccc(CN2CCC(O)CC2)cc1)c1ccc(NC(=O)c2ccccc2)cc1. The third kappa shape index (κ3) is 6.51. The van der Waals surface area contributed by atoms with Crippen molar-refractivity contribution in [3.63, 3.8) is 0 Å². The summed E-state index contributed by atoms with van der Waals surface area (Å²) >= 11 is 0. The predicted octanol–water partition coefficient (Wildman–Crippen LogP) is 3.83. The van der Waals surface area contributed by atoms with Crippen molar-refractivity contribution in [2.24, 2.45) is 0 Å². The predicted molar refractivity (Wildman–Crippen MR) is 129 cm³/mol. The molecule has 6 heteroatoms. The third-order valence-electron chi connectivity index (χ3n) is 5.88. The van der Waals surface area contributed by atoms with Crippen molar-refractivity contribution < 1.29 is 14.7 Å². The molecule has 0 bridgehead atoms. The Labute approximate surface area is 194 Å². The molecule has 1 aliphatic rings. The molecule has 3 N–H and O–H groups in total. The Hall–Kier alpha value is -3.48. The molecule has 1 heterocycles. The van der Waals surface area contributed by atoms with Crippen LogP contribution in [0.2, 0.25) is 0 Å². The van der Waals surface area contributed by atoms with Crippen molar-refractivity contribution in [3.8, 4) is 0 Å². The van der Waals surface area contributed by atoms with Crippen molar-refractivity contribution in [1.29, 1.82) is 0 Å². The van der Waals surface area contributed by atoms with E-state index in [2.05, 4.69) is 27.7 Å². The van der Waals surface area contributed by atoms with E-state index in [0.717, 1.165) is 38.0 Å². The van der Waals surface area contributed by atoms with E-state index in [1.807, 2.05) is 30.3 Å². The van der Waals surface area contributed by atoms with Gasteiger partial charge in [0.1, 0.15) is 0 Å². The van der Waals surface area contributed by atoms with Crippen LogP contribution in [0.1, 0.15) is 44.7 Å². The molecule has 0 spiro atoms. The number of carbonyl (C=O) groups is 2. The van der Waals surface area contributed by atoms with Crippen LogP contribution in [0.3, 0.4) is 0 Å². The van der Waals surface area contributed by atoms with Crippen LogP contribution >= 0.6 is 0 Å². The van der Waals surface area contributed by atoms with Crippen molar-refractivity contribution >= 4 is 17.5 Å². The fraction of sp³-hybridized carbons (Fsp3) is 0.259. The van der Waals surface area contributed by atoms with Crippen LogP contribution in [-0.2, 0) is 13.1 Å². The highest BCUT2D eigenvalue weighted by Gasteiger charge is 2.16. The summed E-state index contributed by atoms with van der Waals surface area (Å²) in [5.74, 6) is -0.346. The number of hydrogen-bond acceptors (Lipinski definition) is 4. The summed E-state index contributed by atoms with van der Waals surface area (Å²) in [4.78, 5) is 27.1. The highest BCUT2D eigenvalue weighted by Crippen LogP contribution is 2.15. The number of benzene rings is 3. The maximum atomic E-state index is 12.5. The quantitative estimate of drug-likeness (QED) is 0.519. The topological polar surface area (TPSA) is 81.7 Å². The second-order valence-corrected chi connectivity index (χ2v) is 8.40. The number of nitrogens with one attached hydrogen (secondary N) is 2. The molecule has 0 atom stereocenters. The van der Waals surface area contributed by atoms with E-state index in [1.54, 1.807) is 36.4 Å². The van der Waals surface area contributed by atoms with Gasteiger partial charge in [0, 0.05) is 43.0 Å². The van der Waals surface area contributed by atoms with E-state index < -0.39 is 0 Å². The zero-order chi connectivity index (χ0) is 23.0. The minimum atomic E-state index is -0.186. The number of likely N-dealkylation sites (tertiary alicyclic amines) is 1. The third-order valence-corrected chi connectivity index (χ3v) is 5.88. The first kappa shape index (κ1) is 22.7. The van der Waals surface area contributed by atoms with Gasteiger partial charge in [-0.05, 0) is 60.4 Å². The number of piperidine rings is 1. The molecule has 1 aliphatic heterocycles. The Morgan fingerprint density at radius 3 is 2.06 bits per heavy atom. The van der Waals surface area contributed by atoms with Crippen molar-refractivity contribution in [2.75, 3.05) is 18.4 Å². The minimum Gasteiger partial charge on any atom is -0.393 e. The van der Waals surface area contributed by atoms with Gasteiger partial charge in [-0.25, -0.2) is 0 Å². The molecule has 1 fully saturated rings. The summed E-state index contributed by atoms with van der Waals surface area (Å²) in [6, 6.07) is 24.1. The summed E-state index contributed by atoms with van der Waals surface area (Å²) in [6.07, 6.45) is 1.52. The van der Waals surface area contributed by atoms with Crippen LogP contribution in [0, 0.1) is 0 Å². The summed E-state index contributed by atoms with van der Waals surface area (Å²) in [6.45, 7) is 3.18. The lowest BCUT2D eigenvalue weighted by molar-refractivity contribution is 0.0792. The summed E-state index contributed by atoms with van der Waals surface area (Å²) in [5.41, 5.74) is 4.03. The highest BCUT2D eigenvalue weighted by atomic mass is 16.3. The second-order valence-electron chi connectivity index (χ2n) is 8.40. The monoisotopic (exact) mass is 443 g/mol. The highest BCUT2D eigenvalue weighted by molar-refractivity contribution is 6.04. The molecule has 0 aromatic heterocycles. The first-order valence-electron chi connectivity index (χ1n) is 11.3. The number of carbonyl (C=O) groups excluding carboxylic acids is 2. The number of amides is 2. The average Bonchev–Trinajstić information content (AvgIpc) is 2.86. The zero-order valence-electron chi connectivity index (χ0n) is 18.5. The summed E-state index contributed by atoms with van der Waals surface area (Å²) in [5, 5.41) is 15.4. The molecule has 3 aromatic carbocycles. The number of aliphatic hydroxyl groups excluding tert-OH is 1. The first-order valence-corrected chi connectivity index (χ1v) is 11.3. The van der Waals surface area contributed by atoms with E-state index in [1.165, 1.54) is 5.56 Å². The molecule has 4 rings (SSSR count). The van der Waals surface area contributed by atoms with Gasteiger partial charge in [-0.15, -0.1) is 0 Å². The molecule has 0 saturated carbocycles. The molecule has 170 valence electrons. The molecule has 6 nitrogen and oxygen atoms in total. The maximum Gasteiger partial charge on any atom is 0.255 e. The number of nitrogens with zero attached hydrogens (tertiary/aromatic N) is 1. The minimum absolute atomic E-state index is 0.156. The largest absolute Gasteiger partial charge is 0.393 e. The molecule has 3 aromatic rings. The van der Waals surface area contributed by atoms with Crippen LogP contribution in [0.25, 0.3) is 0 Å². The van der Waals surface area contributed by atoms with Crippen LogP contribution in [-0.4, -0.2) is 41.0 Å². The van der Waals surface area contributed by atoms with Gasteiger partial charge in [0.05, 0.1) is 6.10 Å². The lowest BCUT2D eigenvalue weighted by Gasteiger charge is -2.29. The van der Waals surface area contributed by atoms with Crippen LogP contribution < -0.4 is 10.6 Å². The van der Waals surface area contributed by atoms with Gasteiger partial charge < -0.3 is 15.7 Å². The molecule has 0 aliphatic carbocycles. The summed E-state index contributed by atoms with van der Waals surface area (Å²) < 4.78 is 0. The van der Waals surface area contributed by atoms with Crippen molar-refractivity contribution in [3.05, 3.63) is 101 Å². The molecular weight excluding hydrogens is 414 g/mol. The first-order chi connectivity index (χ1) is 16.1. The average molecular weight is 444 g/mol. The van der Waals surface area contributed by atoms with Gasteiger partial charge in [-0.1, -0.05) is 42.5 Å². The zero-order valence-corrected chi connectivity index (χ0v) is 18.5. The van der Waals surface area contributed by atoms with E-state index in [-0.39, 0.29) is 17.9 Å². The lowest BCUT2D eigenvalue weighted by Crippen LogP contribution is -2.35. The van der Waals surface area contributed by atoms with Gasteiger partial charge in [0.25, 0.3) is 11.8 Å². The molecular formula is C27H29N3O3. The number of anilines is 1. The Morgan fingerprint density at radius 2 is 1.39 bits per heavy atom. The van der Waals surface area contributed by atoms with E-state index in [4.69, 9.17) is 0 Å². The fourth-order valence-corrected chi connectivity index (χ4v) is 3.88. The van der Waals surface area contributed by atoms with Gasteiger partial charge >= 0.3 is 0 Å². The van der Waals surface area contributed by atoms with Crippen LogP contribution in [0.15, 0.2) is 78.9 Å². The summed E-state index contributed by atoms with van der Waals surface area (Å²) in [7, 11) is 0. The van der Waals surface area contributed by atoms with Crippen LogP contribution in [0.4, 0.5) is 5.69 Å². The van der Waals surface area contributed by atoms with Gasteiger partial charge in [-0.3, -0.25) is 14.5 Å². The second kappa shape index (κ2) is 10.9. The van der Waals surface area contributed by atoms with Gasteiger partial charge in [0.2, 0.25) is 0 Å². The normalized spacial score (nSPS) is 14.6. The number of rotatable bonds is 7. The fourth-order valence-electron chi connectivity index (χ4n) is 3.88. The number of hydrogen-bond donors (Lipinski definition) is 3. The lowest BCUT2D eigenvalue weighted by atomic mass is 10.1. The van der Waals surface area contributed by atoms with Gasteiger partial charge in [0.15, 0.2) is 0 Å². The van der Waals surface area contributed by atoms with Crippen molar-refractivity contribution in [2.45, 2.75) is 32.0 Å². The van der Waals surface area contributed by atoms with E-state index in [9.17, 15) is 14.7 Å². The van der Waals surface area contributed by atoms with Crippen LogP contribution in [0.5, 0.6) is 0 Å².